The first kappa shape index (κ1) is 13.0. The van der Waals surface area contributed by atoms with Crippen LogP contribution in [0.15, 0.2) is 48.5 Å². The monoisotopic (exact) mass is 269 g/mol. The molecule has 2 aromatic rings. The molecule has 0 amide bonds. The van der Waals surface area contributed by atoms with Crippen molar-refractivity contribution in [2.75, 3.05) is 27.3 Å². The Hall–Kier alpha value is -2.00. The molecule has 2 aromatic carbocycles. The maximum Gasteiger partial charge on any atom is 0.118 e. The predicted molar refractivity (Wildman–Crippen MR) is 79.4 cm³/mol. The van der Waals surface area contributed by atoms with Gasteiger partial charge in [-0.1, -0.05) is 24.3 Å². The van der Waals surface area contributed by atoms with Crippen LogP contribution >= 0.6 is 0 Å². The second kappa shape index (κ2) is 5.55. The third-order valence-electron chi connectivity index (χ3n) is 3.71. The molecule has 0 aliphatic carbocycles. The van der Waals surface area contributed by atoms with Crippen molar-refractivity contribution in [3.8, 4) is 11.5 Å². The van der Waals surface area contributed by atoms with E-state index < -0.39 is 0 Å². The molecule has 0 atom stereocenters. The van der Waals surface area contributed by atoms with Crippen molar-refractivity contribution in [1.82, 2.24) is 4.90 Å². The molecule has 104 valence electrons. The topological polar surface area (TPSA) is 21.5 Å². The summed E-state index contributed by atoms with van der Waals surface area (Å²) in [6.45, 7) is 2.31. The fraction of sp³-hybridized carbons (Fsp3) is 0.294. The summed E-state index contributed by atoms with van der Waals surface area (Å²) in [6.07, 6.45) is 0. The first-order valence-electron chi connectivity index (χ1n) is 6.84. The van der Waals surface area contributed by atoms with Gasteiger partial charge in [0.25, 0.3) is 0 Å². The molecule has 0 unspecified atom stereocenters. The number of hydrogen-bond acceptors (Lipinski definition) is 3. The lowest BCUT2D eigenvalue weighted by atomic mass is 9.98. The number of methoxy groups -OCH3 is 2. The van der Waals surface area contributed by atoms with E-state index in [0.717, 1.165) is 24.6 Å². The standard InChI is InChI=1S/C17H19NO2/c1-19-15-7-3-13(4-8-15)17(18-11-12-18)14-5-9-16(20-2)10-6-14/h3-10,17H,11-12H2,1-2H3. The lowest BCUT2D eigenvalue weighted by molar-refractivity contribution is 0.412. The van der Waals surface area contributed by atoms with Crippen LogP contribution in [-0.2, 0) is 0 Å². The Morgan fingerprint density at radius 2 is 1.15 bits per heavy atom. The quantitative estimate of drug-likeness (QED) is 0.778. The Morgan fingerprint density at radius 1 is 0.750 bits per heavy atom. The molecule has 1 saturated heterocycles. The number of ether oxygens (including phenoxy) is 2. The van der Waals surface area contributed by atoms with Gasteiger partial charge in [-0.15, -0.1) is 0 Å². The maximum absolute atomic E-state index is 5.23. The molecule has 0 bridgehead atoms. The highest BCUT2D eigenvalue weighted by Gasteiger charge is 2.30. The van der Waals surface area contributed by atoms with Crippen molar-refractivity contribution >= 4 is 0 Å². The Morgan fingerprint density at radius 3 is 1.45 bits per heavy atom. The summed E-state index contributed by atoms with van der Waals surface area (Å²) in [4.78, 5) is 2.45. The van der Waals surface area contributed by atoms with Crippen molar-refractivity contribution in [1.29, 1.82) is 0 Å². The molecule has 0 aromatic heterocycles. The van der Waals surface area contributed by atoms with Gasteiger partial charge in [-0.2, -0.15) is 0 Å². The zero-order valence-electron chi connectivity index (χ0n) is 11.9. The zero-order chi connectivity index (χ0) is 13.9. The van der Waals surface area contributed by atoms with Gasteiger partial charge < -0.3 is 9.47 Å². The minimum absolute atomic E-state index is 0.326. The summed E-state index contributed by atoms with van der Waals surface area (Å²) in [7, 11) is 3.39. The lowest BCUT2D eigenvalue weighted by Gasteiger charge is -2.20. The highest BCUT2D eigenvalue weighted by atomic mass is 16.5. The summed E-state index contributed by atoms with van der Waals surface area (Å²) in [5, 5.41) is 0. The third kappa shape index (κ3) is 2.63. The largest absolute Gasteiger partial charge is 0.497 e. The summed E-state index contributed by atoms with van der Waals surface area (Å²) < 4.78 is 10.5. The Balaban J connectivity index is 1.90. The molecule has 1 fully saturated rings. The molecule has 1 aliphatic heterocycles. The van der Waals surface area contributed by atoms with E-state index in [-0.39, 0.29) is 0 Å². The van der Waals surface area contributed by atoms with Crippen molar-refractivity contribution < 1.29 is 9.47 Å². The molecule has 3 heteroatoms. The fourth-order valence-corrected chi connectivity index (χ4v) is 2.50. The minimum Gasteiger partial charge on any atom is -0.497 e. The van der Waals surface area contributed by atoms with E-state index >= 15 is 0 Å². The van der Waals surface area contributed by atoms with Crippen molar-refractivity contribution in [3.63, 3.8) is 0 Å². The van der Waals surface area contributed by atoms with Crippen LogP contribution in [0, 0.1) is 0 Å². The van der Waals surface area contributed by atoms with Gasteiger partial charge in [-0.3, -0.25) is 4.90 Å². The SMILES string of the molecule is COc1ccc(C(c2ccc(OC)cc2)N2CC2)cc1. The highest BCUT2D eigenvalue weighted by Crippen LogP contribution is 2.34. The lowest BCUT2D eigenvalue weighted by Crippen LogP contribution is -2.11. The van der Waals surface area contributed by atoms with E-state index in [0.29, 0.717) is 6.04 Å². The molecule has 0 N–H and O–H groups in total. The van der Waals surface area contributed by atoms with Crippen LogP contribution in [0.1, 0.15) is 17.2 Å². The molecule has 1 aliphatic rings. The third-order valence-corrected chi connectivity index (χ3v) is 3.71. The average molecular weight is 269 g/mol. The molecule has 0 radical (unpaired) electrons. The molecule has 0 saturated carbocycles. The van der Waals surface area contributed by atoms with Crippen LogP contribution in [0.3, 0.4) is 0 Å². The van der Waals surface area contributed by atoms with Gasteiger partial charge in [0.2, 0.25) is 0 Å². The van der Waals surface area contributed by atoms with Crippen molar-refractivity contribution in [3.05, 3.63) is 59.7 Å². The summed E-state index contributed by atoms with van der Waals surface area (Å²) in [5.74, 6) is 1.79. The molecule has 20 heavy (non-hydrogen) atoms. The number of hydrogen-bond donors (Lipinski definition) is 0. The molecule has 0 spiro atoms. The van der Waals surface area contributed by atoms with E-state index in [1.807, 2.05) is 24.3 Å². The van der Waals surface area contributed by atoms with Crippen LogP contribution in [-0.4, -0.2) is 32.2 Å². The molecule has 3 nitrogen and oxygen atoms in total. The van der Waals surface area contributed by atoms with Gasteiger partial charge in [0.15, 0.2) is 0 Å². The van der Waals surface area contributed by atoms with Crippen LogP contribution in [0.2, 0.25) is 0 Å². The van der Waals surface area contributed by atoms with Gasteiger partial charge in [0.05, 0.1) is 20.3 Å². The summed E-state index contributed by atoms with van der Waals surface area (Å²) in [5.41, 5.74) is 2.60. The predicted octanol–water partition coefficient (Wildman–Crippen LogP) is 3.11. The number of nitrogens with zero attached hydrogens (tertiary/aromatic N) is 1. The van der Waals surface area contributed by atoms with E-state index in [2.05, 4.69) is 29.2 Å². The minimum atomic E-state index is 0.326. The highest BCUT2D eigenvalue weighted by molar-refractivity contribution is 5.38. The van der Waals surface area contributed by atoms with Crippen molar-refractivity contribution in [2.45, 2.75) is 6.04 Å². The van der Waals surface area contributed by atoms with Gasteiger partial charge in [0.1, 0.15) is 11.5 Å². The Bertz CT molecular complexity index is 511. The van der Waals surface area contributed by atoms with Crippen molar-refractivity contribution in [2.24, 2.45) is 0 Å². The van der Waals surface area contributed by atoms with Crippen LogP contribution in [0.25, 0.3) is 0 Å². The maximum atomic E-state index is 5.23. The fourth-order valence-electron chi connectivity index (χ4n) is 2.50. The van der Waals surface area contributed by atoms with Gasteiger partial charge in [-0.25, -0.2) is 0 Å². The van der Waals surface area contributed by atoms with Crippen LogP contribution in [0.4, 0.5) is 0 Å². The molecule has 3 rings (SSSR count). The zero-order valence-corrected chi connectivity index (χ0v) is 11.9. The smallest absolute Gasteiger partial charge is 0.118 e. The molecule has 1 heterocycles. The van der Waals surface area contributed by atoms with E-state index in [1.165, 1.54) is 11.1 Å². The molecular formula is C17H19NO2. The molecular weight excluding hydrogens is 250 g/mol. The number of benzene rings is 2. The van der Waals surface area contributed by atoms with Gasteiger partial charge in [-0.05, 0) is 35.4 Å². The normalized spacial score (nSPS) is 14.3. The van der Waals surface area contributed by atoms with Crippen LogP contribution < -0.4 is 9.47 Å². The average Bonchev–Trinajstić information content (AvgIpc) is 3.34. The van der Waals surface area contributed by atoms with Gasteiger partial charge >= 0.3 is 0 Å². The van der Waals surface area contributed by atoms with Crippen LogP contribution in [0.5, 0.6) is 11.5 Å². The van der Waals surface area contributed by atoms with E-state index in [4.69, 9.17) is 9.47 Å². The van der Waals surface area contributed by atoms with E-state index in [1.54, 1.807) is 14.2 Å². The Kier molecular flexibility index (Phi) is 3.61. The summed E-state index contributed by atoms with van der Waals surface area (Å²) in [6, 6.07) is 17.0. The van der Waals surface area contributed by atoms with Gasteiger partial charge in [0, 0.05) is 13.1 Å². The first-order valence-corrected chi connectivity index (χ1v) is 6.84. The second-order valence-corrected chi connectivity index (χ2v) is 4.98. The Labute approximate surface area is 119 Å². The first-order chi connectivity index (χ1) is 9.81. The van der Waals surface area contributed by atoms with E-state index in [9.17, 15) is 0 Å². The number of rotatable bonds is 5. The summed E-state index contributed by atoms with van der Waals surface area (Å²) >= 11 is 0. The second-order valence-electron chi connectivity index (χ2n) is 4.98.